The fraction of sp³-hybridized carbons (Fsp3) is 0.367. The maximum atomic E-state index is 13.6. The van der Waals surface area contributed by atoms with Crippen LogP contribution in [0.4, 0.5) is 5.69 Å². The van der Waals surface area contributed by atoms with E-state index in [1.54, 1.807) is 49.6 Å². The quantitative estimate of drug-likeness (QED) is 0.0269. The van der Waals surface area contributed by atoms with Gasteiger partial charge < -0.3 is 60.8 Å². The van der Waals surface area contributed by atoms with Gasteiger partial charge in [0.15, 0.2) is 17.2 Å². The van der Waals surface area contributed by atoms with Crippen molar-refractivity contribution in [1.29, 1.82) is 0 Å². The Morgan fingerprint density at radius 3 is 2.24 bits per heavy atom. The van der Waals surface area contributed by atoms with E-state index in [1.807, 2.05) is 48.5 Å². The van der Waals surface area contributed by atoms with Crippen molar-refractivity contribution < 1.29 is 54.4 Å². The Morgan fingerprint density at radius 2 is 1.57 bits per heavy atom. The lowest BCUT2D eigenvalue weighted by atomic mass is 9.97. The number of anilines is 1. The number of benzene rings is 5. The first-order chi connectivity index (χ1) is 38.6. The van der Waals surface area contributed by atoms with Crippen molar-refractivity contribution in [2.75, 3.05) is 64.9 Å². The summed E-state index contributed by atoms with van der Waals surface area (Å²) >= 11 is 7.67. The average Bonchev–Trinajstić information content (AvgIpc) is 4.17. The van der Waals surface area contributed by atoms with Gasteiger partial charge in [-0.25, -0.2) is 4.98 Å². The van der Waals surface area contributed by atoms with Crippen molar-refractivity contribution in [1.82, 2.24) is 25.0 Å². The molecule has 8 aromatic rings. The highest BCUT2D eigenvalue weighted by molar-refractivity contribution is 7.22. The summed E-state index contributed by atoms with van der Waals surface area (Å²) in [5, 5.41) is 70.8. The van der Waals surface area contributed by atoms with Crippen LogP contribution in [0, 0.1) is 0 Å². The number of nitrogens with one attached hydrogen (secondary N) is 2. The number of primary amides is 1. The Morgan fingerprint density at radius 1 is 0.875 bits per heavy atom. The number of nitrogens with two attached hydrogens (primary N) is 1. The fourth-order valence-corrected chi connectivity index (χ4v) is 11.4. The summed E-state index contributed by atoms with van der Waals surface area (Å²) < 4.78 is 17.4. The second-order valence-corrected chi connectivity index (χ2v) is 21.3. The number of pyridine rings is 1. The standard InChI is InChI=1S/C28H27NO4S.C23H30ClN3O.C9H13N3O6/c30-21-8-4-20(5-9-21)28-26(24-13-10-22(31)18-25(24)34-28)27(32)19-6-11-23(12-7-19)33-17-16-29-14-2-1-3-15-29;1-5-27(6-2)13-7-8-16(3)25-23-19-11-9-17(24)14-22(19)26-21-12-10-18(28-4)15-20(21)23;10-9(17)4-6(15)3(11-12-4)8-7(16)5(14)2(1-13)18-8/h4-13,18,30-31H,1-3,14-17H2;9-12,14-16H,5-8,13H2,1-4H3,(H,25,26);2,5,7-8,13-16H,1H2,(H2,10,17)(H,11,12)/t;;2-,5-,7-,8+/m..1/s1. The molecule has 5 heterocycles. The third-order valence-electron chi connectivity index (χ3n) is 14.4. The molecule has 2 saturated heterocycles. The third kappa shape index (κ3) is 14.1. The van der Waals surface area contributed by atoms with Gasteiger partial charge >= 0.3 is 0 Å². The number of piperidine rings is 1. The zero-order valence-corrected chi connectivity index (χ0v) is 46.8. The number of rotatable bonds is 19. The van der Waals surface area contributed by atoms with Crippen LogP contribution in [0.15, 0.2) is 103 Å². The number of ether oxygens (including phenoxy) is 3. The SMILES string of the molecule is CCN(CC)CCCC(C)Nc1c2ccc(Cl)cc2nc2ccc(OC)cc12.NC(=O)c1[nH]nc([C@@H]2O[C@H](CO)[C@@H](O)[C@H]2O)c1O.O=C(c1ccc(OCCN2CCCCC2)cc1)c1c(-c2ccc(O)cc2)sc2cc(O)ccc12. The van der Waals surface area contributed by atoms with E-state index in [2.05, 4.69) is 58.2 Å². The number of thiophene rings is 1. The number of aromatic amines is 1. The van der Waals surface area contributed by atoms with E-state index in [0.717, 1.165) is 105 Å². The number of likely N-dealkylation sites (tertiary alicyclic amines) is 1. The molecule has 10 N–H and O–H groups in total. The lowest BCUT2D eigenvalue weighted by molar-refractivity contribution is -0.0245. The molecule has 0 spiro atoms. The topological polar surface area (TPSA) is 269 Å². The molecule has 2 aliphatic rings. The van der Waals surface area contributed by atoms with E-state index in [-0.39, 0.29) is 28.7 Å². The number of amides is 1. The number of aromatic nitrogens is 3. The highest BCUT2D eigenvalue weighted by atomic mass is 35.5. The smallest absolute Gasteiger partial charge is 0.270 e. The van der Waals surface area contributed by atoms with Gasteiger partial charge in [-0.2, -0.15) is 5.10 Å². The van der Waals surface area contributed by atoms with Crippen molar-refractivity contribution in [3.63, 3.8) is 0 Å². The van der Waals surface area contributed by atoms with E-state index in [4.69, 9.17) is 41.6 Å². The van der Waals surface area contributed by atoms with Crippen LogP contribution in [0.3, 0.4) is 0 Å². The summed E-state index contributed by atoms with van der Waals surface area (Å²) in [6, 6.07) is 31.5. The number of fused-ring (bicyclic) bond motifs is 3. The molecule has 10 rings (SSSR count). The van der Waals surface area contributed by atoms with E-state index in [0.29, 0.717) is 28.8 Å². The molecule has 18 nitrogen and oxygen atoms in total. The Kier molecular flexibility index (Phi) is 20.2. The number of hydrogen-bond acceptors (Lipinski definition) is 17. The van der Waals surface area contributed by atoms with Crippen LogP contribution in [-0.2, 0) is 4.74 Å². The minimum atomic E-state index is -1.38. The zero-order chi connectivity index (χ0) is 57.0. The molecule has 1 amide bonds. The number of aromatic hydroxyl groups is 3. The van der Waals surface area contributed by atoms with Crippen molar-refractivity contribution in [3.05, 3.63) is 131 Å². The van der Waals surface area contributed by atoms with E-state index < -0.39 is 42.7 Å². The molecule has 424 valence electrons. The van der Waals surface area contributed by atoms with Crippen LogP contribution in [0.1, 0.15) is 91.1 Å². The number of H-pyrrole nitrogens is 1. The number of phenolic OH excluding ortho intramolecular Hbond substituents is 2. The van der Waals surface area contributed by atoms with Gasteiger partial charge in [0.1, 0.15) is 59.7 Å². The number of hydrogen-bond donors (Lipinski definition) is 9. The molecule has 2 fully saturated rings. The highest BCUT2D eigenvalue weighted by Crippen LogP contribution is 2.42. The Hall–Kier alpha value is -7.07. The first kappa shape index (κ1) is 59.1. The number of carbonyl (C=O) groups is 2. The summed E-state index contributed by atoms with van der Waals surface area (Å²) in [4.78, 5) is 35.1. The van der Waals surface area contributed by atoms with Crippen LogP contribution in [0.2, 0.25) is 5.02 Å². The second kappa shape index (κ2) is 27.4. The van der Waals surface area contributed by atoms with Crippen molar-refractivity contribution >= 4 is 72.2 Å². The number of ketones is 1. The lowest BCUT2D eigenvalue weighted by Gasteiger charge is -2.26. The fourth-order valence-electron chi connectivity index (χ4n) is 9.95. The third-order valence-corrected chi connectivity index (χ3v) is 15.9. The number of halogens is 1. The van der Waals surface area contributed by atoms with E-state index in [1.165, 1.54) is 37.0 Å². The van der Waals surface area contributed by atoms with Gasteiger partial charge in [-0.3, -0.25) is 19.6 Å². The molecule has 5 aromatic carbocycles. The summed E-state index contributed by atoms with van der Waals surface area (Å²) in [5.74, 6) is 0.379. The van der Waals surface area contributed by atoms with Crippen LogP contribution in [-0.4, -0.2) is 151 Å². The molecule has 1 unspecified atom stereocenters. The predicted octanol–water partition coefficient (Wildman–Crippen LogP) is 9.42. The van der Waals surface area contributed by atoms with E-state index in [9.17, 15) is 35.1 Å². The van der Waals surface area contributed by atoms with Gasteiger partial charge in [-0.1, -0.05) is 31.9 Å². The van der Waals surface area contributed by atoms with Crippen LogP contribution >= 0.6 is 22.9 Å². The molecule has 20 heteroatoms. The first-order valence-corrected chi connectivity index (χ1v) is 28.1. The number of aliphatic hydroxyl groups is 3. The number of nitrogens with zero attached hydrogens (tertiary/aromatic N) is 4. The molecule has 0 radical (unpaired) electrons. The van der Waals surface area contributed by atoms with Crippen LogP contribution < -0.4 is 20.5 Å². The van der Waals surface area contributed by atoms with E-state index >= 15 is 0 Å². The van der Waals surface area contributed by atoms with Crippen molar-refractivity contribution in [2.45, 2.75) is 83.3 Å². The summed E-state index contributed by atoms with van der Waals surface area (Å²) in [6.45, 7) is 13.4. The molecule has 2 aliphatic heterocycles. The van der Waals surface area contributed by atoms with Crippen LogP contribution in [0.25, 0.3) is 42.3 Å². The van der Waals surface area contributed by atoms with Crippen LogP contribution in [0.5, 0.6) is 28.7 Å². The summed E-state index contributed by atoms with van der Waals surface area (Å²) in [6.07, 6.45) is 1.30. The van der Waals surface area contributed by atoms with Gasteiger partial charge in [0.2, 0.25) is 0 Å². The number of methoxy groups -OCH3 is 1. The number of phenols is 2. The van der Waals surface area contributed by atoms with Crippen molar-refractivity contribution in [3.8, 4) is 39.2 Å². The minimum Gasteiger partial charge on any atom is -0.508 e. The molecular weight excluding hydrogens is 1060 g/mol. The predicted molar refractivity (Wildman–Crippen MR) is 313 cm³/mol. The molecule has 80 heavy (non-hydrogen) atoms. The molecule has 0 bridgehead atoms. The molecule has 5 atom stereocenters. The monoisotopic (exact) mass is 1130 g/mol. The van der Waals surface area contributed by atoms with Gasteiger partial charge in [0, 0.05) is 54.5 Å². The van der Waals surface area contributed by atoms with Crippen molar-refractivity contribution in [2.24, 2.45) is 5.73 Å². The van der Waals surface area contributed by atoms with Gasteiger partial charge in [0.05, 0.1) is 30.4 Å². The maximum absolute atomic E-state index is 13.6. The molecule has 0 saturated carbocycles. The zero-order valence-electron chi connectivity index (χ0n) is 45.3. The second-order valence-electron chi connectivity index (χ2n) is 19.8. The van der Waals surface area contributed by atoms with Gasteiger partial charge in [-0.05, 0) is 174 Å². The average molecular weight is 1130 g/mol. The minimum absolute atomic E-state index is 0.0834. The summed E-state index contributed by atoms with van der Waals surface area (Å²) in [7, 11) is 1.69. The maximum Gasteiger partial charge on any atom is 0.270 e. The van der Waals surface area contributed by atoms with Gasteiger partial charge in [-0.15, -0.1) is 11.3 Å². The van der Waals surface area contributed by atoms with Gasteiger partial charge in [0.25, 0.3) is 5.91 Å². The molecule has 3 aromatic heterocycles. The Bertz CT molecular complexity index is 3370. The highest BCUT2D eigenvalue weighted by Gasteiger charge is 2.45. The first-order valence-electron chi connectivity index (χ1n) is 26.9. The Labute approximate surface area is 473 Å². The largest absolute Gasteiger partial charge is 0.508 e. The summed E-state index contributed by atoms with van der Waals surface area (Å²) in [5.41, 5.74) is 9.49. The normalized spacial score (nSPS) is 17.7. The molecule has 0 aliphatic carbocycles. The molecular formula is C60H70ClN7O11S. The lowest BCUT2D eigenvalue weighted by Crippen LogP contribution is -2.33. The Balaban J connectivity index is 0.000000165. The number of aliphatic hydroxyl groups excluding tert-OH is 3. The number of carbonyl (C=O) groups excluding carboxylic acids is 2.